The number of amides is 1. The van der Waals surface area contributed by atoms with Gasteiger partial charge in [0.2, 0.25) is 0 Å². The highest BCUT2D eigenvalue weighted by molar-refractivity contribution is 7.70. The highest BCUT2D eigenvalue weighted by Crippen LogP contribution is 2.49. The Bertz CT molecular complexity index is 1680. The van der Waals surface area contributed by atoms with Gasteiger partial charge in [0.15, 0.2) is 0 Å². The molecule has 2 atom stereocenters. The summed E-state index contributed by atoms with van der Waals surface area (Å²) in [4.78, 5) is 19.1. The molecule has 6 rings (SSSR count). The molecule has 1 amide bonds. The van der Waals surface area contributed by atoms with E-state index in [1.54, 1.807) is 55.8 Å². The van der Waals surface area contributed by atoms with Gasteiger partial charge in [-0.1, -0.05) is 35.9 Å². The van der Waals surface area contributed by atoms with E-state index in [1.807, 2.05) is 10.6 Å². The van der Waals surface area contributed by atoms with Crippen LogP contribution >= 0.6 is 18.7 Å². The number of carbonyl (C=O) groups excluding carboxylic acids is 1. The average molecular weight is 497 g/mol. The second kappa shape index (κ2) is 7.27. The van der Waals surface area contributed by atoms with E-state index in [4.69, 9.17) is 20.7 Å². The quantitative estimate of drug-likeness (QED) is 0.326. The molecule has 2 aliphatic heterocycles. The summed E-state index contributed by atoms with van der Waals surface area (Å²) in [5.41, 5.74) is 3.06. The zero-order valence-corrected chi connectivity index (χ0v) is 20.1. The molecular formula is C26H22ClFN3O2P. The summed E-state index contributed by atoms with van der Waals surface area (Å²) < 4.78 is 53.8. The summed E-state index contributed by atoms with van der Waals surface area (Å²) in [5.74, 6) is -0.624. The first kappa shape index (κ1) is 18.4. The monoisotopic (exact) mass is 496 g/mol. The number of imidazole rings is 1. The van der Waals surface area contributed by atoms with E-state index < -0.39 is 37.9 Å². The number of benzene rings is 3. The zero-order chi connectivity index (χ0) is 26.4. The fourth-order valence-corrected chi connectivity index (χ4v) is 6.30. The van der Waals surface area contributed by atoms with Gasteiger partial charge >= 0.3 is 0 Å². The van der Waals surface area contributed by atoms with Crippen molar-refractivity contribution in [3.8, 4) is 11.1 Å². The van der Waals surface area contributed by atoms with Crippen molar-refractivity contribution in [3.05, 3.63) is 82.4 Å². The summed E-state index contributed by atoms with van der Waals surface area (Å²) in [7, 11) is -2.62. The fourth-order valence-electron chi connectivity index (χ4n) is 5.14. The van der Waals surface area contributed by atoms with Crippen molar-refractivity contribution in [2.45, 2.75) is 18.5 Å². The van der Waals surface area contributed by atoms with Crippen LogP contribution < -0.4 is 5.30 Å². The van der Waals surface area contributed by atoms with Crippen molar-refractivity contribution < 1.29 is 17.9 Å². The summed E-state index contributed by atoms with van der Waals surface area (Å²) in [5, 5.41) is 0.837. The first-order valence-corrected chi connectivity index (χ1v) is 13.8. The standard InChI is InChI=1S/C26H22ClFN3O2P/c1-30-23-13-22(24-17(26(30)32)5-4-6-18(24)27)31-21-11-14(7-10-20(21)29-25(23)31)16-9-8-15(12-19(16)28)34(2,3)33/h4-12,22-23H,13H2,1-3H3/t22-,23-/m1/s1/i1D3. The predicted molar refractivity (Wildman–Crippen MR) is 133 cm³/mol. The summed E-state index contributed by atoms with van der Waals surface area (Å²) in [6.45, 7) is 0.511. The minimum Gasteiger partial charge on any atom is -0.331 e. The molecule has 0 aliphatic carbocycles. The second-order valence-corrected chi connectivity index (χ2v) is 12.8. The van der Waals surface area contributed by atoms with E-state index in [9.17, 15) is 9.36 Å². The van der Waals surface area contributed by atoms with Gasteiger partial charge in [-0.15, -0.1) is 0 Å². The lowest BCUT2D eigenvalue weighted by atomic mass is 9.98. The lowest BCUT2D eigenvalue weighted by molar-refractivity contribution is 0.0734. The Morgan fingerprint density at radius 3 is 2.68 bits per heavy atom. The molecule has 2 bridgehead atoms. The van der Waals surface area contributed by atoms with Crippen LogP contribution in [0, 0.1) is 5.82 Å². The van der Waals surface area contributed by atoms with Crippen molar-refractivity contribution in [1.29, 1.82) is 0 Å². The molecule has 4 aromatic rings. The molecule has 1 aromatic heterocycles. The molecule has 34 heavy (non-hydrogen) atoms. The minimum absolute atomic E-state index is 0.255. The molecule has 3 heterocycles. The van der Waals surface area contributed by atoms with Gasteiger partial charge in [-0.25, -0.2) is 9.37 Å². The number of rotatable bonds is 2. The highest BCUT2D eigenvalue weighted by atomic mass is 35.5. The third-order valence-corrected chi connectivity index (χ3v) is 8.66. The van der Waals surface area contributed by atoms with Gasteiger partial charge in [0, 0.05) is 44.5 Å². The van der Waals surface area contributed by atoms with Gasteiger partial charge in [-0.2, -0.15) is 0 Å². The number of fused-ring (bicyclic) bond motifs is 9. The van der Waals surface area contributed by atoms with E-state index in [0.29, 0.717) is 50.3 Å². The summed E-state index contributed by atoms with van der Waals surface area (Å²) in [6.07, 6.45) is 0.314. The molecule has 0 radical (unpaired) electrons. The normalized spacial score (nSPS) is 21.0. The van der Waals surface area contributed by atoms with Crippen LogP contribution in [-0.2, 0) is 4.57 Å². The minimum atomic E-state index is -2.68. The summed E-state index contributed by atoms with van der Waals surface area (Å²) in [6, 6.07) is 13.7. The number of hydrogen-bond donors (Lipinski definition) is 0. The van der Waals surface area contributed by atoms with Crippen LogP contribution in [0.15, 0.2) is 54.6 Å². The van der Waals surface area contributed by atoms with Gasteiger partial charge in [-0.05, 0) is 49.2 Å². The number of hydrogen-bond acceptors (Lipinski definition) is 3. The highest BCUT2D eigenvalue weighted by Gasteiger charge is 2.44. The molecule has 0 unspecified atom stereocenters. The van der Waals surface area contributed by atoms with Gasteiger partial charge in [0.05, 0.1) is 23.1 Å². The lowest BCUT2D eigenvalue weighted by Crippen LogP contribution is -2.30. The Balaban J connectivity index is 1.58. The Labute approximate surface area is 205 Å². The van der Waals surface area contributed by atoms with E-state index in [-0.39, 0.29) is 5.56 Å². The molecule has 0 spiro atoms. The SMILES string of the molecule is [2H]C([2H])([2H])N1C(=O)c2cccc(Cl)c2[C@H]2C[C@@H]1c1nc3ccc(-c4ccc(P(C)(C)=O)cc4F)cc3n12. The molecule has 0 saturated heterocycles. The third-order valence-electron chi connectivity index (χ3n) is 6.81. The van der Waals surface area contributed by atoms with Crippen molar-refractivity contribution in [1.82, 2.24) is 14.5 Å². The Kier molecular flexibility index (Phi) is 3.93. The molecule has 8 heteroatoms. The lowest BCUT2D eigenvalue weighted by Gasteiger charge is -2.24. The van der Waals surface area contributed by atoms with Crippen LogP contribution in [0.25, 0.3) is 22.2 Å². The van der Waals surface area contributed by atoms with Crippen LogP contribution in [0.3, 0.4) is 0 Å². The molecule has 172 valence electrons. The molecule has 3 aromatic carbocycles. The van der Waals surface area contributed by atoms with E-state index >= 15 is 4.39 Å². The maximum absolute atomic E-state index is 15.1. The van der Waals surface area contributed by atoms with Gasteiger partial charge < -0.3 is 14.0 Å². The van der Waals surface area contributed by atoms with Gasteiger partial charge in [-0.3, -0.25) is 4.79 Å². The van der Waals surface area contributed by atoms with Crippen LogP contribution in [0.1, 0.15) is 44.4 Å². The molecule has 2 aliphatic rings. The molecule has 0 saturated carbocycles. The molecule has 0 fully saturated rings. The van der Waals surface area contributed by atoms with E-state index in [2.05, 4.69) is 0 Å². The maximum atomic E-state index is 15.1. The fraction of sp³-hybridized carbons (Fsp3) is 0.231. The molecule has 0 N–H and O–H groups in total. The maximum Gasteiger partial charge on any atom is 0.254 e. The zero-order valence-electron chi connectivity index (χ0n) is 21.4. The molecule has 5 nitrogen and oxygen atoms in total. The second-order valence-electron chi connectivity index (χ2n) is 9.20. The number of carbonyl (C=O) groups is 1. The first-order valence-electron chi connectivity index (χ1n) is 12.4. The number of nitrogens with zero attached hydrogens (tertiary/aromatic N) is 3. The molecular weight excluding hydrogens is 472 g/mol. The van der Waals surface area contributed by atoms with Crippen molar-refractivity contribution in [3.63, 3.8) is 0 Å². The average Bonchev–Trinajstić information content (AvgIpc) is 3.30. The van der Waals surface area contributed by atoms with Crippen LogP contribution in [0.5, 0.6) is 0 Å². The van der Waals surface area contributed by atoms with E-state index in [0.717, 1.165) is 4.90 Å². The van der Waals surface area contributed by atoms with Crippen molar-refractivity contribution in [2.75, 3.05) is 20.3 Å². The van der Waals surface area contributed by atoms with Crippen LogP contribution in [0.2, 0.25) is 5.02 Å². The van der Waals surface area contributed by atoms with Crippen molar-refractivity contribution >= 4 is 41.0 Å². The van der Waals surface area contributed by atoms with Crippen LogP contribution in [-0.4, -0.2) is 40.7 Å². The van der Waals surface area contributed by atoms with E-state index in [1.165, 1.54) is 6.07 Å². The van der Waals surface area contributed by atoms with Gasteiger partial charge in [0.25, 0.3) is 5.91 Å². The van der Waals surface area contributed by atoms with Crippen molar-refractivity contribution in [2.24, 2.45) is 0 Å². The topological polar surface area (TPSA) is 55.2 Å². The predicted octanol–water partition coefficient (Wildman–Crippen LogP) is 5.86. The Hall–Kier alpha value is -2.95. The Morgan fingerprint density at radius 1 is 1.12 bits per heavy atom. The Morgan fingerprint density at radius 2 is 1.94 bits per heavy atom. The smallest absolute Gasteiger partial charge is 0.254 e. The number of aromatic nitrogens is 2. The first-order chi connectivity index (χ1) is 17.4. The number of halogens is 2. The third kappa shape index (κ3) is 3.02. The van der Waals surface area contributed by atoms with Crippen LogP contribution in [0.4, 0.5) is 4.39 Å². The summed E-state index contributed by atoms with van der Waals surface area (Å²) >= 11 is 6.60. The van der Waals surface area contributed by atoms with Gasteiger partial charge in [0.1, 0.15) is 18.8 Å². The largest absolute Gasteiger partial charge is 0.331 e.